The molecule has 1 heterocycles. The monoisotopic (exact) mass is 131 g/mol. The minimum absolute atomic E-state index is 0.173. The van der Waals surface area contributed by atoms with Gasteiger partial charge in [0.25, 0.3) is 0 Å². The largest absolute Gasteiger partial charge is 0.274 e. The second-order valence-corrected chi connectivity index (χ2v) is 3.15. The first-order valence-corrected chi connectivity index (χ1v) is 3.10. The van der Waals surface area contributed by atoms with Gasteiger partial charge in [0.05, 0.1) is 13.2 Å². The highest BCUT2D eigenvalue weighted by Gasteiger charge is 2.25. The van der Waals surface area contributed by atoms with Gasteiger partial charge in [0.2, 0.25) is 0 Å². The van der Waals surface area contributed by atoms with Gasteiger partial charge >= 0.3 is 0 Å². The van der Waals surface area contributed by atoms with Gasteiger partial charge in [-0.2, -0.15) is 0 Å². The van der Waals surface area contributed by atoms with Crippen molar-refractivity contribution in [2.75, 3.05) is 20.3 Å². The zero-order valence-electron chi connectivity index (χ0n) is 6.18. The predicted molar refractivity (Wildman–Crippen MR) is 33.4 cm³/mol. The summed E-state index contributed by atoms with van der Waals surface area (Å²) in [5.41, 5.74) is 0.173. The summed E-state index contributed by atoms with van der Waals surface area (Å²) >= 11 is 0. The summed E-state index contributed by atoms with van der Waals surface area (Å²) in [6.45, 7) is 5.70. The maximum Gasteiger partial charge on any atom is 0.0785 e. The lowest BCUT2D eigenvalue weighted by Crippen LogP contribution is -2.39. The molecule has 0 saturated carbocycles. The molecule has 0 atom stereocenters. The fourth-order valence-electron chi connectivity index (χ4n) is 0.610. The van der Waals surface area contributed by atoms with Crippen molar-refractivity contribution < 1.29 is 9.68 Å². The van der Waals surface area contributed by atoms with E-state index in [9.17, 15) is 0 Å². The molecule has 3 nitrogen and oxygen atoms in total. The summed E-state index contributed by atoms with van der Waals surface area (Å²) in [4.78, 5) is 10.2. The van der Waals surface area contributed by atoms with Crippen LogP contribution in [0.3, 0.4) is 0 Å². The van der Waals surface area contributed by atoms with Gasteiger partial charge in [0, 0.05) is 12.5 Å². The molecule has 1 fully saturated rings. The van der Waals surface area contributed by atoms with Crippen molar-refractivity contribution in [2.45, 2.75) is 13.8 Å². The van der Waals surface area contributed by atoms with Crippen LogP contribution < -0.4 is 0 Å². The molecule has 1 aliphatic rings. The first kappa shape index (κ1) is 6.99. The molecule has 9 heavy (non-hydrogen) atoms. The van der Waals surface area contributed by atoms with E-state index in [1.54, 1.807) is 7.05 Å². The minimum Gasteiger partial charge on any atom is -0.274 e. The van der Waals surface area contributed by atoms with E-state index < -0.39 is 0 Å². The lowest BCUT2D eigenvalue weighted by Gasteiger charge is -2.33. The van der Waals surface area contributed by atoms with Crippen LogP contribution >= 0.6 is 0 Å². The fraction of sp³-hybridized carbons (Fsp3) is 1.00. The van der Waals surface area contributed by atoms with Crippen LogP contribution in [0, 0.1) is 5.41 Å². The first-order valence-electron chi connectivity index (χ1n) is 3.10. The predicted octanol–water partition coefficient (Wildman–Crippen LogP) is 0.821. The fourth-order valence-corrected chi connectivity index (χ4v) is 0.610. The summed E-state index contributed by atoms with van der Waals surface area (Å²) in [6.07, 6.45) is 0. The normalized spacial score (nSPS) is 28.3. The molecule has 0 aliphatic carbocycles. The summed E-state index contributed by atoms with van der Waals surface area (Å²) in [5, 5.41) is 1.41. The zero-order chi connectivity index (χ0) is 6.91. The van der Waals surface area contributed by atoms with Crippen molar-refractivity contribution in [1.29, 1.82) is 0 Å². The summed E-state index contributed by atoms with van der Waals surface area (Å²) < 4.78 is 0. The molecule has 3 heteroatoms. The molecular formula is C6H13NO2. The van der Waals surface area contributed by atoms with Gasteiger partial charge in [-0.15, -0.1) is 0 Å². The third kappa shape index (κ3) is 1.93. The van der Waals surface area contributed by atoms with E-state index in [1.807, 2.05) is 0 Å². The van der Waals surface area contributed by atoms with Gasteiger partial charge in [-0.05, 0) is 0 Å². The van der Waals surface area contributed by atoms with E-state index >= 15 is 0 Å². The number of hydrogen-bond acceptors (Lipinski definition) is 3. The molecule has 0 radical (unpaired) electrons. The van der Waals surface area contributed by atoms with Crippen molar-refractivity contribution in [3.63, 3.8) is 0 Å². The maximum absolute atomic E-state index is 5.10. The molecule has 0 amide bonds. The summed E-state index contributed by atoms with van der Waals surface area (Å²) in [7, 11) is 1.76. The Morgan fingerprint density at radius 3 is 2.00 bits per heavy atom. The van der Waals surface area contributed by atoms with Crippen molar-refractivity contribution in [3.05, 3.63) is 0 Å². The van der Waals surface area contributed by atoms with E-state index in [0.717, 1.165) is 13.2 Å². The Hall–Kier alpha value is -0.120. The minimum atomic E-state index is 0.173. The topological polar surface area (TPSA) is 21.7 Å². The molecule has 1 aliphatic heterocycles. The molecule has 0 aromatic rings. The Labute approximate surface area is 55.5 Å². The molecule has 0 spiro atoms. The number of hydrogen-bond donors (Lipinski definition) is 0. The third-order valence-electron chi connectivity index (χ3n) is 1.27. The second kappa shape index (κ2) is 2.25. The van der Waals surface area contributed by atoms with E-state index in [0.29, 0.717) is 0 Å². The van der Waals surface area contributed by atoms with Crippen LogP contribution in [0.1, 0.15) is 13.8 Å². The smallest absolute Gasteiger partial charge is 0.0785 e. The Kier molecular flexibility index (Phi) is 1.75. The van der Waals surface area contributed by atoms with Gasteiger partial charge < -0.3 is 0 Å². The van der Waals surface area contributed by atoms with Gasteiger partial charge in [-0.25, -0.2) is 0 Å². The van der Waals surface area contributed by atoms with Gasteiger partial charge in [0.15, 0.2) is 0 Å². The Balaban J connectivity index is 2.35. The van der Waals surface area contributed by atoms with Crippen LogP contribution in [0.2, 0.25) is 0 Å². The molecule has 0 bridgehead atoms. The number of rotatable bonds is 0. The lowest BCUT2D eigenvalue weighted by molar-refractivity contribution is -0.402. The van der Waals surface area contributed by atoms with E-state index in [4.69, 9.17) is 9.68 Å². The van der Waals surface area contributed by atoms with Crippen molar-refractivity contribution in [1.82, 2.24) is 5.23 Å². The average Bonchev–Trinajstić information content (AvgIpc) is 1.78. The Morgan fingerprint density at radius 1 is 1.22 bits per heavy atom. The number of hydroxylamine groups is 2. The highest BCUT2D eigenvalue weighted by atomic mass is 17.0. The van der Waals surface area contributed by atoms with Crippen LogP contribution in [-0.2, 0) is 9.68 Å². The molecule has 1 rings (SSSR count). The molecule has 0 aromatic carbocycles. The molecule has 0 N–H and O–H groups in total. The highest BCUT2D eigenvalue weighted by Crippen LogP contribution is 2.20. The molecule has 54 valence electrons. The third-order valence-corrected chi connectivity index (χ3v) is 1.27. The second-order valence-electron chi connectivity index (χ2n) is 3.15. The lowest BCUT2D eigenvalue weighted by atomic mass is 9.96. The van der Waals surface area contributed by atoms with Gasteiger partial charge in [-0.3, -0.25) is 9.68 Å². The van der Waals surface area contributed by atoms with Crippen LogP contribution in [0.15, 0.2) is 0 Å². The number of nitrogens with zero attached hydrogens (tertiary/aromatic N) is 1. The van der Waals surface area contributed by atoms with Crippen molar-refractivity contribution in [3.8, 4) is 0 Å². The molecule has 1 saturated heterocycles. The van der Waals surface area contributed by atoms with Crippen LogP contribution in [0.5, 0.6) is 0 Å². The summed E-state index contributed by atoms with van der Waals surface area (Å²) in [5.74, 6) is 0. The molecular weight excluding hydrogens is 118 g/mol. The standard InChI is InChI=1S/C6H13NO2/c1-6(2)4-8-7(3)9-5-6/h4-5H2,1-3H3. The van der Waals surface area contributed by atoms with Crippen molar-refractivity contribution >= 4 is 0 Å². The molecule has 0 aromatic heterocycles. The van der Waals surface area contributed by atoms with E-state index in [2.05, 4.69) is 13.8 Å². The highest BCUT2D eigenvalue weighted by molar-refractivity contribution is 4.66. The van der Waals surface area contributed by atoms with Gasteiger partial charge in [-0.1, -0.05) is 19.1 Å². The van der Waals surface area contributed by atoms with Crippen LogP contribution in [0.25, 0.3) is 0 Å². The van der Waals surface area contributed by atoms with Crippen LogP contribution in [0.4, 0.5) is 0 Å². The van der Waals surface area contributed by atoms with Crippen LogP contribution in [-0.4, -0.2) is 25.5 Å². The van der Waals surface area contributed by atoms with Gasteiger partial charge in [0.1, 0.15) is 0 Å². The Morgan fingerprint density at radius 2 is 1.67 bits per heavy atom. The van der Waals surface area contributed by atoms with E-state index in [-0.39, 0.29) is 5.41 Å². The Bertz CT molecular complexity index is 93.2. The zero-order valence-corrected chi connectivity index (χ0v) is 6.18. The maximum atomic E-state index is 5.10. The SMILES string of the molecule is CN1OCC(C)(C)CO1. The quantitative estimate of drug-likeness (QED) is 0.486. The summed E-state index contributed by atoms with van der Waals surface area (Å²) in [6, 6.07) is 0. The average molecular weight is 131 g/mol. The first-order chi connectivity index (χ1) is 4.10. The van der Waals surface area contributed by atoms with Crippen molar-refractivity contribution in [2.24, 2.45) is 5.41 Å². The van der Waals surface area contributed by atoms with E-state index in [1.165, 1.54) is 5.23 Å². The molecule has 0 unspecified atom stereocenters.